The normalized spacial score (nSPS) is 18.9. The first-order valence-corrected chi connectivity index (χ1v) is 6.52. The third-order valence-electron chi connectivity index (χ3n) is 3.88. The van der Waals surface area contributed by atoms with E-state index in [0.29, 0.717) is 17.4 Å². The van der Waals surface area contributed by atoms with Gasteiger partial charge < -0.3 is 14.6 Å². The zero-order valence-electron chi connectivity index (χ0n) is 11.4. The summed E-state index contributed by atoms with van der Waals surface area (Å²) in [6, 6.07) is 5.61. The molecule has 3 nitrogen and oxygen atoms in total. The third kappa shape index (κ3) is 2.46. The molecule has 1 aromatic carbocycles. The summed E-state index contributed by atoms with van der Waals surface area (Å²) in [6.45, 7) is 1.85. The molecule has 0 saturated heterocycles. The first-order chi connectivity index (χ1) is 8.58. The molecule has 0 heterocycles. The molecule has 100 valence electrons. The highest BCUT2D eigenvalue weighted by Gasteiger charge is 2.35. The maximum absolute atomic E-state index is 10.8. The number of methoxy groups -OCH3 is 2. The molecule has 1 aliphatic carbocycles. The highest BCUT2D eigenvalue weighted by atomic mass is 16.5. The van der Waals surface area contributed by atoms with Crippen LogP contribution in [-0.4, -0.2) is 19.3 Å². The Morgan fingerprint density at radius 3 is 2.17 bits per heavy atom. The van der Waals surface area contributed by atoms with E-state index >= 15 is 0 Å². The quantitative estimate of drug-likeness (QED) is 0.872. The molecule has 3 heteroatoms. The van der Waals surface area contributed by atoms with Gasteiger partial charge in [0.1, 0.15) is 11.5 Å². The fourth-order valence-electron chi connectivity index (χ4n) is 2.74. The van der Waals surface area contributed by atoms with Gasteiger partial charge in [0.15, 0.2) is 0 Å². The Morgan fingerprint density at radius 1 is 1.22 bits per heavy atom. The van der Waals surface area contributed by atoms with Crippen molar-refractivity contribution >= 4 is 0 Å². The van der Waals surface area contributed by atoms with Crippen molar-refractivity contribution in [1.29, 1.82) is 0 Å². The van der Waals surface area contributed by atoms with E-state index in [0.717, 1.165) is 12.0 Å². The van der Waals surface area contributed by atoms with Crippen LogP contribution in [0.2, 0.25) is 0 Å². The molecular weight excluding hydrogens is 228 g/mol. The molecule has 1 unspecified atom stereocenters. The van der Waals surface area contributed by atoms with Gasteiger partial charge in [-0.1, -0.05) is 25.3 Å². The van der Waals surface area contributed by atoms with Crippen molar-refractivity contribution in [2.45, 2.75) is 38.2 Å². The average Bonchev–Trinajstić information content (AvgIpc) is 2.33. The molecule has 0 aromatic heterocycles. The molecular formula is C15H22O3. The topological polar surface area (TPSA) is 38.7 Å². The summed E-state index contributed by atoms with van der Waals surface area (Å²) in [5.41, 5.74) is -0.134. The van der Waals surface area contributed by atoms with Gasteiger partial charge in [-0.05, 0) is 31.4 Å². The van der Waals surface area contributed by atoms with Crippen molar-refractivity contribution in [2.24, 2.45) is 5.92 Å². The van der Waals surface area contributed by atoms with Crippen LogP contribution in [0.5, 0.6) is 11.5 Å². The lowest BCUT2D eigenvalue weighted by atomic mass is 9.75. The van der Waals surface area contributed by atoms with Crippen molar-refractivity contribution in [3.63, 3.8) is 0 Å². The van der Waals surface area contributed by atoms with Crippen LogP contribution in [0.25, 0.3) is 0 Å². The molecule has 1 aliphatic rings. The second kappa shape index (κ2) is 5.19. The van der Waals surface area contributed by atoms with Gasteiger partial charge in [-0.25, -0.2) is 0 Å². The summed E-state index contributed by atoms with van der Waals surface area (Å²) in [4.78, 5) is 0. The van der Waals surface area contributed by atoms with E-state index < -0.39 is 5.60 Å². The van der Waals surface area contributed by atoms with Crippen LogP contribution < -0.4 is 9.47 Å². The van der Waals surface area contributed by atoms with Gasteiger partial charge in [-0.3, -0.25) is 0 Å². The van der Waals surface area contributed by atoms with Crippen molar-refractivity contribution in [1.82, 2.24) is 0 Å². The number of aliphatic hydroxyl groups is 1. The summed E-state index contributed by atoms with van der Waals surface area (Å²) in [7, 11) is 3.25. The molecule has 0 bridgehead atoms. The molecule has 1 fully saturated rings. The molecule has 0 radical (unpaired) electrons. The van der Waals surface area contributed by atoms with E-state index in [9.17, 15) is 5.11 Å². The number of hydrogen-bond donors (Lipinski definition) is 1. The first-order valence-electron chi connectivity index (χ1n) is 6.52. The Labute approximate surface area is 109 Å². The second-order valence-electron chi connectivity index (χ2n) is 5.31. The van der Waals surface area contributed by atoms with E-state index in [2.05, 4.69) is 0 Å². The molecule has 1 saturated carbocycles. The Balaban J connectivity index is 2.33. The largest absolute Gasteiger partial charge is 0.496 e. The van der Waals surface area contributed by atoms with Crippen molar-refractivity contribution in [3.8, 4) is 11.5 Å². The lowest BCUT2D eigenvalue weighted by molar-refractivity contribution is 0.0122. The predicted octanol–water partition coefficient (Wildman–Crippen LogP) is 3.10. The van der Waals surface area contributed by atoms with Crippen molar-refractivity contribution in [3.05, 3.63) is 23.8 Å². The van der Waals surface area contributed by atoms with Crippen molar-refractivity contribution < 1.29 is 14.6 Å². The Bertz CT molecular complexity index is 386. The third-order valence-corrected chi connectivity index (χ3v) is 3.88. The maximum Gasteiger partial charge on any atom is 0.128 e. The Hall–Kier alpha value is -1.22. The van der Waals surface area contributed by atoms with Crippen molar-refractivity contribution in [2.75, 3.05) is 14.2 Å². The van der Waals surface area contributed by atoms with Gasteiger partial charge in [-0.15, -0.1) is 0 Å². The Morgan fingerprint density at radius 2 is 1.78 bits per heavy atom. The molecule has 0 aliphatic heterocycles. The summed E-state index contributed by atoms with van der Waals surface area (Å²) in [5.74, 6) is 2.01. The smallest absolute Gasteiger partial charge is 0.128 e. The predicted molar refractivity (Wildman–Crippen MR) is 71.1 cm³/mol. The minimum atomic E-state index is -0.900. The number of benzene rings is 1. The van der Waals surface area contributed by atoms with Gasteiger partial charge in [0.2, 0.25) is 0 Å². The van der Waals surface area contributed by atoms with Crippen LogP contribution in [-0.2, 0) is 5.60 Å². The van der Waals surface area contributed by atoms with Crippen LogP contribution in [0.15, 0.2) is 18.2 Å². The number of hydrogen-bond acceptors (Lipinski definition) is 3. The van der Waals surface area contributed by atoms with Crippen LogP contribution >= 0.6 is 0 Å². The molecule has 1 N–H and O–H groups in total. The summed E-state index contributed by atoms with van der Waals surface area (Å²) in [6.07, 6.45) is 4.48. The van der Waals surface area contributed by atoms with Crippen LogP contribution in [0.3, 0.4) is 0 Å². The summed E-state index contributed by atoms with van der Waals surface area (Å²) in [5, 5.41) is 10.8. The Kier molecular flexibility index (Phi) is 3.81. The lowest BCUT2D eigenvalue weighted by Crippen LogP contribution is -2.29. The minimum Gasteiger partial charge on any atom is -0.496 e. The minimum absolute atomic E-state index is 0.620. The van der Waals surface area contributed by atoms with Gasteiger partial charge in [0, 0.05) is 0 Å². The summed E-state index contributed by atoms with van der Waals surface area (Å²) >= 11 is 0. The molecule has 1 aromatic rings. The standard InChI is InChI=1S/C15H22O3/c1-15(16,10-11-6-4-7-11)14-12(17-2)8-5-9-13(14)18-3/h5,8-9,11,16H,4,6-7,10H2,1-3H3. The number of rotatable bonds is 5. The van der Waals surface area contributed by atoms with Crippen LogP contribution in [0, 0.1) is 5.92 Å². The summed E-state index contributed by atoms with van der Waals surface area (Å²) < 4.78 is 10.7. The second-order valence-corrected chi connectivity index (χ2v) is 5.31. The molecule has 0 spiro atoms. The fraction of sp³-hybridized carbons (Fsp3) is 0.600. The van der Waals surface area contributed by atoms with E-state index in [-0.39, 0.29) is 0 Å². The fourth-order valence-corrected chi connectivity index (χ4v) is 2.74. The van der Waals surface area contributed by atoms with Crippen LogP contribution in [0.1, 0.15) is 38.2 Å². The van der Waals surface area contributed by atoms with Gasteiger partial charge in [0.25, 0.3) is 0 Å². The molecule has 0 amide bonds. The molecule has 1 atom stereocenters. The van der Waals surface area contributed by atoms with E-state index in [1.54, 1.807) is 14.2 Å². The molecule has 2 rings (SSSR count). The number of ether oxygens (including phenoxy) is 2. The van der Waals surface area contributed by atoms with E-state index in [1.165, 1.54) is 19.3 Å². The van der Waals surface area contributed by atoms with Gasteiger partial charge in [-0.2, -0.15) is 0 Å². The first kappa shape index (κ1) is 13.2. The van der Waals surface area contributed by atoms with Crippen LogP contribution in [0.4, 0.5) is 0 Å². The van der Waals surface area contributed by atoms with Gasteiger partial charge >= 0.3 is 0 Å². The SMILES string of the molecule is COc1cccc(OC)c1C(C)(O)CC1CCC1. The molecule has 18 heavy (non-hydrogen) atoms. The zero-order valence-corrected chi connectivity index (χ0v) is 11.4. The highest BCUT2D eigenvalue weighted by Crippen LogP contribution is 2.44. The van der Waals surface area contributed by atoms with Gasteiger partial charge in [0.05, 0.1) is 25.4 Å². The monoisotopic (exact) mass is 250 g/mol. The van der Waals surface area contributed by atoms with E-state index in [1.807, 2.05) is 25.1 Å². The van der Waals surface area contributed by atoms with E-state index in [4.69, 9.17) is 9.47 Å². The zero-order chi connectivity index (χ0) is 13.2. The highest BCUT2D eigenvalue weighted by molar-refractivity contribution is 5.48. The lowest BCUT2D eigenvalue weighted by Gasteiger charge is -2.35. The average molecular weight is 250 g/mol. The maximum atomic E-state index is 10.8.